The highest BCUT2D eigenvalue weighted by atomic mass is 79.9. The second kappa shape index (κ2) is 5.44. The number of hydrogen-bond acceptors (Lipinski definition) is 0. The summed E-state index contributed by atoms with van der Waals surface area (Å²) in [5, 5.41) is 3.99. The van der Waals surface area contributed by atoms with Crippen LogP contribution in [-0.4, -0.2) is 5.07 Å². The lowest BCUT2D eigenvalue weighted by Crippen LogP contribution is -2.11. The third-order valence-electron chi connectivity index (χ3n) is 2.38. The molecule has 0 amide bonds. The Bertz CT molecular complexity index is 360. The van der Waals surface area contributed by atoms with Crippen molar-refractivity contribution in [1.82, 2.24) is 0 Å². The Kier molecular flexibility index (Phi) is 3.94. The van der Waals surface area contributed by atoms with Gasteiger partial charge < -0.3 is 0 Å². The average molecular weight is 280 g/mol. The number of alkyl halides is 1. The van der Waals surface area contributed by atoms with Crippen LogP contribution < -0.4 is 10.6 Å². The van der Waals surface area contributed by atoms with Crippen molar-refractivity contribution in [3.8, 4) is 0 Å². The van der Waals surface area contributed by atoms with E-state index in [1.807, 2.05) is 0 Å². The van der Waals surface area contributed by atoms with E-state index in [4.69, 9.17) is 0 Å². The Morgan fingerprint density at radius 1 is 0.733 bits per heavy atom. The maximum absolute atomic E-state index is 3.63. The van der Waals surface area contributed by atoms with Crippen molar-refractivity contribution in [1.29, 1.82) is 0 Å². The number of halogens is 1. The topological polar surface area (TPSA) is 0 Å². The first-order valence-electron chi connectivity index (χ1n) is 4.94. The summed E-state index contributed by atoms with van der Waals surface area (Å²) in [6.07, 6.45) is 0. The van der Waals surface area contributed by atoms with Crippen molar-refractivity contribution < 1.29 is 0 Å². The van der Waals surface area contributed by atoms with Crippen molar-refractivity contribution in [2.45, 2.75) is 0 Å². The Balaban J connectivity index is 2.34. The van der Waals surface area contributed by atoms with E-state index < -0.39 is 7.92 Å². The lowest BCUT2D eigenvalue weighted by atomic mass is 10.4. The van der Waals surface area contributed by atoms with Crippen LogP contribution in [0.25, 0.3) is 0 Å². The molecule has 0 aliphatic carbocycles. The highest BCUT2D eigenvalue weighted by Crippen LogP contribution is 2.34. The van der Waals surface area contributed by atoms with E-state index >= 15 is 0 Å². The molecule has 2 aromatic carbocycles. The molecular weight excluding hydrogens is 267 g/mol. The van der Waals surface area contributed by atoms with Crippen molar-refractivity contribution in [3.05, 3.63) is 60.7 Å². The highest BCUT2D eigenvalue weighted by molar-refractivity contribution is 9.10. The van der Waals surface area contributed by atoms with E-state index in [1.54, 1.807) is 0 Å². The number of hydrogen-bond donors (Lipinski definition) is 0. The van der Waals surface area contributed by atoms with Gasteiger partial charge in [-0.2, -0.15) is 0 Å². The summed E-state index contributed by atoms with van der Waals surface area (Å²) in [5.74, 6) is 0. The molecule has 0 nitrogen and oxygen atoms in total. The third-order valence-corrected chi connectivity index (χ3v) is 6.39. The van der Waals surface area contributed by atoms with Crippen molar-refractivity contribution in [3.63, 3.8) is 0 Å². The van der Waals surface area contributed by atoms with E-state index in [1.165, 1.54) is 10.6 Å². The molecule has 0 aliphatic heterocycles. The fraction of sp³-hybridized carbons (Fsp3) is 0.0769. The first kappa shape index (κ1) is 10.9. The molecule has 0 unspecified atom stereocenters. The highest BCUT2D eigenvalue weighted by Gasteiger charge is 2.19. The number of rotatable bonds is 3. The van der Waals surface area contributed by atoms with Gasteiger partial charge in [-0.3, -0.25) is 0 Å². The van der Waals surface area contributed by atoms with Gasteiger partial charge in [0.2, 0.25) is 0 Å². The zero-order chi connectivity index (χ0) is 10.5. The molecule has 2 rings (SSSR count). The van der Waals surface area contributed by atoms with E-state index in [0.29, 0.717) is 0 Å². The van der Waals surface area contributed by atoms with E-state index in [2.05, 4.69) is 76.6 Å². The summed E-state index contributed by atoms with van der Waals surface area (Å²) >= 11 is 3.63. The average Bonchev–Trinajstić information content (AvgIpc) is 2.33. The van der Waals surface area contributed by atoms with Crippen LogP contribution in [0.5, 0.6) is 0 Å². The summed E-state index contributed by atoms with van der Waals surface area (Å²) in [7, 11) is -0.622. The van der Waals surface area contributed by atoms with Crippen LogP contribution in [0.2, 0.25) is 0 Å². The summed E-state index contributed by atoms with van der Waals surface area (Å²) < 4.78 is 0. The van der Waals surface area contributed by atoms with Gasteiger partial charge in [-0.05, 0) is 40.2 Å². The van der Waals surface area contributed by atoms with Gasteiger partial charge in [-0.1, -0.05) is 36.4 Å². The predicted molar refractivity (Wildman–Crippen MR) is 74.3 cm³/mol. The van der Waals surface area contributed by atoms with Crippen LogP contribution >= 0.6 is 23.9 Å². The van der Waals surface area contributed by atoms with Crippen LogP contribution in [0.4, 0.5) is 0 Å². The van der Waals surface area contributed by atoms with E-state index in [0.717, 1.165) is 5.07 Å². The van der Waals surface area contributed by atoms with Gasteiger partial charge in [0.05, 0.1) is 18.5 Å². The van der Waals surface area contributed by atoms with Crippen LogP contribution in [-0.2, 0) is 0 Å². The molecule has 0 saturated carbocycles. The molecule has 0 spiro atoms. The lowest BCUT2D eigenvalue weighted by Gasteiger charge is -2.06. The summed E-state index contributed by atoms with van der Waals surface area (Å²) in [6, 6.07) is 21.5. The molecule has 2 aromatic rings. The Morgan fingerprint density at radius 2 is 1.13 bits per heavy atom. The first-order valence-corrected chi connectivity index (χ1v) is 7.77. The molecule has 0 N–H and O–H groups in total. The maximum atomic E-state index is 3.63. The van der Waals surface area contributed by atoms with Gasteiger partial charge in [0.25, 0.3) is 0 Å². The Morgan fingerprint density at radius 3 is 1.47 bits per heavy atom. The molecule has 15 heavy (non-hydrogen) atoms. The van der Waals surface area contributed by atoms with Gasteiger partial charge in [0.1, 0.15) is 5.07 Å². The fourth-order valence-corrected chi connectivity index (χ4v) is 5.37. The monoisotopic (exact) mass is 279 g/mol. The molecule has 76 valence electrons. The van der Waals surface area contributed by atoms with Gasteiger partial charge >= 0.3 is 0 Å². The van der Waals surface area contributed by atoms with Gasteiger partial charge in [-0.25, -0.2) is 0 Å². The van der Waals surface area contributed by atoms with Crippen LogP contribution in [0.15, 0.2) is 60.7 Å². The normalized spacial score (nSPS) is 10.5. The molecule has 0 heterocycles. The molecular formula is C13H13BrP+. The van der Waals surface area contributed by atoms with Crippen LogP contribution in [0.3, 0.4) is 0 Å². The van der Waals surface area contributed by atoms with Gasteiger partial charge in [-0.15, -0.1) is 0 Å². The SMILES string of the molecule is BrC[PH+](c1ccccc1)c1ccccc1. The Hall–Kier alpha value is -0.650. The van der Waals surface area contributed by atoms with Crippen LogP contribution in [0.1, 0.15) is 0 Å². The largest absolute Gasteiger partial charge is 0.120 e. The minimum Gasteiger partial charge on any atom is -0.0620 e. The van der Waals surface area contributed by atoms with E-state index in [-0.39, 0.29) is 0 Å². The minimum absolute atomic E-state index is 0.622. The Labute approximate surface area is 100 Å². The molecule has 0 fully saturated rings. The molecule has 0 aromatic heterocycles. The van der Waals surface area contributed by atoms with Gasteiger partial charge in [0, 0.05) is 0 Å². The maximum Gasteiger partial charge on any atom is 0.120 e. The summed E-state index contributed by atoms with van der Waals surface area (Å²) in [5.41, 5.74) is 0. The molecule has 0 radical (unpaired) electrons. The molecule has 0 bridgehead atoms. The second-order valence-electron chi connectivity index (χ2n) is 3.34. The lowest BCUT2D eigenvalue weighted by molar-refractivity contribution is 1.75. The second-order valence-corrected chi connectivity index (χ2v) is 7.41. The molecule has 0 aliphatic rings. The zero-order valence-electron chi connectivity index (χ0n) is 8.36. The van der Waals surface area contributed by atoms with E-state index in [9.17, 15) is 0 Å². The minimum atomic E-state index is -0.622. The number of benzene rings is 2. The van der Waals surface area contributed by atoms with Crippen molar-refractivity contribution >= 4 is 34.5 Å². The fourth-order valence-electron chi connectivity index (χ4n) is 1.60. The molecule has 0 saturated heterocycles. The predicted octanol–water partition coefficient (Wildman–Crippen LogP) is 3.20. The quantitative estimate of drug-likeness (QED) is 0.598. The zero-order valence-corrected chi connectivity index (χ0v) is 10.9. The summed E-state index contributed by atoms with van der Waals surface area (Å²) in [6.45, 7) is 0. The standard InChI is InChI=1S/C13H12BrP/c14-11-15(12-7-3-1-4-8-12)13-9-5-2-6-10-13/h1-10H,11H2/p+1. The first-order chi connectivity index (χ1) is 7.42. The van der Waals surface area contributed by atoms with Crippen molar-refractivity contribution in [2.24, 2.45) is 0 Å². The van der Waals surface area contributed by atoms with Crippen molar-refractivity contribution in [2.75, 3.05) is 5.07 Å². The molecule has 2 heteroatoms. The third kappa shape index (κ3) is 2.68. The summed E-state index contributed by atoms with van der Waals surface area (Å²) in [4.78, 5) is 0. The van der Waals surface area contributed by atoms with Crippen LogP contribution in [0, 0.1) is 0 Å². The molecule has 0 atom stereocenters. The smallest absolute Gasteiger partial charge is 0.0620 e. The van der Waals surface area contributed by atoms with Gasteiger partial charge in [0.15, 0.2) is 0 Å².